The molecule has 6 nitrogen and oxygen atoms in total. The van der Waals surface area contributed by atoms with E-state index in [1.807, 2.05) is 22.8 Å². The average molecular weight is 376 g/mol. The second kappa shape index (κ2) is 6.32. The summed E-state index contributed by atoms with van der Waals surface area (Å²) in [5, 5.41) is 18.7. The van der Waals surface area contributed by atoms with Crippen LogP contribution in [0.1, 0.15) is 49.3 Å². The Hall–Kier alpha value is -2.43. The van der Waals surface area contributed by atoms with Gasteiger partial charge in [0.1, 0.15) is 23.3 Å². The Bertz CT molecular complexity index is 836. The number of hydrogen-bond acceptors (Lipinski definition) is 5. The number of aliphatic carboxylic acids is 1. The summed E-state index contributed by atoms with van der Waals surface area (Å²) in [6, 6.07) is 2.16. The molecule has 2 atom stereocenters. The van der Waals surface area contributed by atoms with E-state index in [-0.39, 0.29) is 42.3 Å². The highest BCUT2D eigenvalue weighted by Crippen LogP contribution is 2.49. The second-order valence-electron chi connectivity index (χ2n) is 7.83. The van der Waals surface area contributed by atoms with E-state index in [1.54, 1.807) is 0 Å². The van der Waals surface area contributed by atoms with Crippen LogP contribution in [0.3, 0.4) is 0 Å². The number of nitriles is 1. The molecule has 3 heterocycles. The molecule has 0 aromatic carbocycles. The molecule has 1 N–H and O–H groups in total. The first-order chi connectivity index (χ1) is 12.8. The lowest BCUT2D eigenvalue weighted by Crippen LogP contribution is -2.47. The van der Waals surface area contributed by atoms with Gasteiger partial charge in [-0.2, -0.15) is 5.26 Å². The van der Waals surface area contributed by atoms with Crippen molar-refractivity contribution in [3.05, 3.63) is 16.7 Å². The Labute approximate surface area is 156 Å². The van der Waals surface area contributed by atoms with Crippen molar-refractivity contribution in [1.29, 1.82) is 5.26 Å². The topological polar surface area (TPSA) is 80.5 Å². The van der Waals surface area contributed by atoms with Gasteiger partial charge in [0.2, 0.25) is 0 Å². The molecule has 8 heteroatoms. The summed E-state index contributed by atoms with van der Waals surface area (Å²) in [5.74, 6) is -3.01. The molecule has 0 bridgehead atoms. The summed E-state index contributed by atoms with van der Waals surface area (Å²) in [6.45, 7) is 3.80. The predicted molar refractivity (Wildman–Crippen MR) is 95.2 cm³/mol. The van der Waals surface area contributed by atoms with Crippen molar-refractivity contribution in [2.75, 3.05) is 29.4 Å². The first-order valence-corrected chi connectivity index (χ1v) is 9.40. The van der Waals surface area contributed by atoms with E-state index in [9.17, 15) is 18.8 Å². The number of carbonyl (C=O) groups is 1. The van der Waals surface area contributed by atoms with E-state index in [1.165, 1.54) is 0 Å². The molecule has 3 aliphatic rings. The van der Waals surface area contributed by atoms with Crippen LogP contribution in [-0.2, 0) is 17.1 Å². The van der Waals surface area contributed by atoms with Crippen LogP contribution in [0.4, 0.5) is 20.4 Å². The highest BCUT2D eigenvalue weighted by atomic mass is 19.3. The number of alkyl halides is 2. The number of hydrogen-bond donors (Lipinski definition) is 1. The molecule has 144 valence electrons. The van der Waals surface area contributed by atoms with E-state index in [0.717, 1.165) is 6.42 Å². The van der Waals surface area contributed by atoms with Gasteiger partial charge in [0.05, 0.1) is 0 Å². The van der Waals surface area contributed by atoms with Crippen LogP contribution in [0, 0.1) is 17.2 Å². The second-order valence-corrected chi connectivity index (χ2v) is 7.83. The van der Waals surface area contributed by atoms with E-state index in [4.69, 9.17) is 10.1 Å². The number of fused-ring (bicyclic) bond motifs is 1. The van der Waals surface area contributed by atoms with Crippen LogP contribution in [0.5, 0.6) is 0 Å². The first kappa shape index (κ1) is 18.0. The summed E-state index contributed by atoms with van der Waals surface area (Å²) >= 11 is 0. The molecule has 0 spiro atoms. The third-order valence-electron chi connectivity index (χ3n) is 6.06. The van der Waals surface area contributed by atoms with E-state index >= 15 is 0 Å². The van der Waals surface area contributed by atoms with Gasteiger partial charge in [-0.05, 0) is 32.1 Å². The van der Waals surface area contributed by atoms with Crippen molar-refractivity contribution in [1.82, 2.24) is 4.98 Å². The number of carboxylic acid groups (broad SMARTS) is 1. The van der Waals surface area contributed by atoms with Gasteiger partial charge in [0, 0.05) is 49.6 Å². The van der Waals surface area contributed by atoms with E-state index in [2.05, 4.69) is 0 Å². The normalized spacial score (nSPS) is 25.9. The van der Waals surface area contributed by atoms with Gasteiger partial charge in [-0.25, -0.2) is 13.8 Å². The fourth-order valence-electron chi connectivity index (χ4n) is 4.49. The predicted octanol–water partition coefficient (Wildman–Crippen LogP) is 2.89. The maximum Gasteiger partial charge on any atom is 0.303 e. The monoisotopic (exact) mass is 376 g/mol. The highest BCUT2D eigenvalue weighted by molar-refractivity contribution is 5.71. The largest absolute Gasteiger partial charge is 0.481 e. The maximum absolute atomic E-state index is 14.7. The average Bonchev–Trinajstić information content (AvgIpc) is 3.17. The minimum absolute atomic E-state index is 0.00378. The zero-order valence-corrected chi connectivity index (χ0v) is 15.2. The lowest BCUT2D eigenvalue weighted by molar-refractivity contribution is -0.137. The Morgan fingerprint density at radius 1 is 1.37 bits per heavy atom. The zero-order chi connectivity index (χ0) is 19.3. The molecule has 0 amide bonds. The minimum atomic E-state index is -3.03. The summed E-state index contributed by atoms with van der Waals surface area (Å²) in [5.41, 5.74) is 0.305. The molecule has 27 heavy (non-hydrogen) atoms. The van der Waals surface area contributed by atoms with Crippen molar-refractivity contribution in [3.63, 3.8) is 0 Å². The molecule has 1 aromatic heterocycles. The molecule has 1 aromatic rings. The van der Waals surface area contributed by atoms with Crippen molar-refractivity contribution in [3.8, 4) is 6.07 Å². The molecule has 0 radical (unpaired) electrons. The molecule has 1 aliphatic carbocycles. The Balaban J connectivity index is 1.79. The van der Waals surface area contributed by atoms with Crippen molar-refractivity contribution < 1.29 is 18.7 Å². The third-order valence-corrected chi connectivity index (χ3v) is 6.06. The Kier molecular flexibility index (Phi) is 4.21. The number of pyridine rings is 1. The lowest BCUT2D eigenvalue weighted by atomic mass is 9.99. The zero-order valence-electron chi connectivity index (χ0n) is 15.2. The number of nitrogens with zero attached hydrogens (tertiary/aromatic N) is 4. The van der Waals surface area contributed by atoms with Crippen LogP contribution in [0.25, 0.3) is 0 Å². The molecular weight excluding hydrogens is 354 g/mol. The number of carboxylic acids is 1. The number of halogens is 2. The molecule has 2 fully saturated rings. The van der Waals surface area contributed by atoms with Gasteiger partial charge in [-0.15, -0.1) is 0 Å². The standard InChI is InChI=1S/C19H22F2N4O2/c1-11-3-7-25(11)18-14(9-22)16-13(2-5-19(16,20)21)17(23-18)24-6-4-12(10-24)8-15(26)27/h11-12H,2-8,10H2,1H3,(H,26,27). The van der Waals surface area contributed by atoms with Crippen molar-refractivity contribution in [2.45, 2.75) is 51.0 Å². The summed E-state index contributed by atoms with van der Waals surface area (Å²) in [7, 11) is 0. The van der Waals surface area contributed by atoms with Crippen LogP contribution < -0.4 is 9.80 Å². The fourth-order valence-corrected chi connectivity index (χ4v) is 4.49. The van der Waals surface area contributed by atoms with Crippen LogP contribution >= 0.6 is 0 Å². The van der Waals surface area contributed by atoms with Crippen LogP contribution in [0.15, 0.2) is 0 Å². The van der Waals surface area contributed by atoms with Gasteiger partial charge in [-0.3, -0.25) is 4.79 Å². The third kappa shape index (κ3) is 2.89. The molecule has 4 rings (SSSR count). The molecular formula is C19H22F2N4O2. The first-order valence-electron chi connectivity index (χ1n) is 9.40. The van der Waals surface area contributed by atoms with Gasteiger partial charge in [-0.1, -0.05) is 0 Å². The van der Waals surface area contributed by atoms with Gasteiger partial charge in [0.25, 0.3) is 5.92 Å². The van der Waals surface area contributed by atoms with Gasteiger partial charge >= 0.3 is 5.97 Å². The van der Waals surface area contributed by atoms with Gasteiger partial charge < -0.3 is 14.9 Å². The quantitative estimate of drug-likeness (QED) is 0.870. The number of aromatic nitrogens is 1. The number of rotatable bonds is 4. The fraction of sp³-hybridized carbons (Fsp3) is 0.632. The smallest absolute Gasteiger partial charge is 0.303 e. The Morgan fingerprint density at radius 3 is 2.74 bits per heavy atom. The van der Waals surface area contributed by atoms with Crippen molar-refractivity contribution in [2.24, 2.45) is 5.92 Å². The highest BCUT2D eigenvalue weighted by Gasteiger charge is 2.46. The van der Waals surface area contributed by atoms with Crippen molar-refractivity contribution >= 4 is 17.6 Å². The summed E-state index contributed by atoms with van der Waals surface area (Å²) in [6.07, 6.45) is 1.60. The van der Waals surface area contributed by atoms with Gasteiger partial charge in [0.15, 0.2) is 0 Å². The molecule has 2 aliphatic heterocycles. The number of anilines is 2. The lowest BCUT2D eigenvalue weighted by Gasteiger charge is -2.41. The van der Waals surface area contributed by atoms with Crippen LogP contribution in [-0.4, -0.2) is 41.7 Å². The summed E-state index contributed by atoms with van der Waals surface area (Å²) in [4.78, 5) is 19.6. The van der Waals surface area contributed by atoms with E-state index in [0.29, 0.717) is 43.3 Å². The molecule has 0 saturated carbocycles. The van der Waals surface area contributed by atoms with Crippen LogP contribution in [0.2, 0.25) is 0 Å². The minimum Gasteiger partial charge on any atom is -0.481 e. The van der Waals surface area contributed by atoms with E-state index < -0.39 is 11.9 Å². The SMILES string of the molecule is CC1CCN1c1nc(N2CCC(CC(=O)O)C2)c2c(c1C#N)C(F)(F)CC2. The molecule has 2 saturated heterocycles. The summed E-state index contributed by atoms with van der Waals surface area (Å²) < 4.78 is 29.3. The Morgan fingerprint density at radius 2 is 2.15 bits per heavy atom. The molecule has 2 unspecified atom stereocenters. The maximum atomic E-state index is 14.7.